The van der Waals surface area contributed by atoms with E-state index in [9.17, 15) is 4.39 Å². The van der Waals surface area contributed by atoms with Gasteiger partial charge in [0.05, 0.1) is 0 Å². The highest BCUT2D eigenvalue weighted by Crippen LogP contribution is 2.23. The summed E-state index contributed by atoms with van der Waals surface area (Å²) >= 11 is 0. The Morgan fingerprint density at radius 3 is 2.95 bits per heavy atom. The van der Waals surface area contributed by atoms with E-state index in [0.717, 1.165) is 18.5 Å². The van der Waals surface area contributed by atoms with E-state index in [2.05, 4.69) is 17.4 Å². The standard InChI is InChI=1S/C15H19FN2O2/c1-3-7-17-9-12-5-4-6-14(16)15(12)19-10-13-8-11(2)20-18-13/h4-6,8,17H,3,7,9-10H2,1-2H3. The minimum absolute atomic E-state index is 0.194. The van der Waals surface area contributed by atoms with Crippen molar-refractivity contribution >= 4 is 0 Å². The molecule has 2 rings (SSSR count). The van der Waals surface area contributed by atoms with E-state index in [1.165, 1.54) is 6.07 Å². The van der Waals surface area contributed by atoms with Gasteiger partial charge in [-0.1, -0.05) is 24.2 Å². The van der Waals surface area contributed by atoms with E-state index >= 15 is 0 Å². The van der Waals surface area contributed by atoms with Crippen molar-refractivity contribution in [3.8, 4) is 5.75 Å². The second kappa shape index (κ2) is 7.05. The number of nitrogens with one attached hydrogen (secondary N) is 1. The molecule has 0 atom stereocenters. The van der Waals surface area contributed by atoms with E-state index in [0.29, 0.717) is 18.0 Å². The number of rotatable bonds is 7. The van der Waals surface area contributed by atoms with Crippen LogP contribution >= 0.6 is 0 Å². The molecular weight excluding hydrogens is 259 g/mol. The minimum atomic E-state index is -0.360. The summed E-state index contributed by atoms with van der Waals surface area (Å²) in [5.74, 6) is 0.625. The van der Waals surface area contributed by atoms with Gasteiger partial charge in [-0.3, -0.25) is 0 Å². The van der Waals surface area contributed by atoms with Gasteiger partial charge in [-0.25, -0.2) is 4.39 Å². The Hall–Kier alpha value is -1.88. The van der Waals surface area contributed by atoms with Gasteiger partial charge < -0.3 is 14.6 Å². The highest BCUT2D eigenvalue weighted by molar-refractivity contribution is 5.35. The Balaban J connectivity index is 2.04. The first-order chi connectivity index (χ1) is 9.70. The van der Waals surface area contributed by atoms with Crippen LogP contribution in [0.25, 0.3) is 0 Å². The average Bonchev–Trinajstić information content (AvgIpc) is 2.84. The molecule has 20 heavy (non-hydrogen) atoms. The number of aryl methyl sites for hydroxylation is 1. The molecule has 5 heteroatoms. The summed E-state index contributed by atoms with van der Waals surface area (Å²) in [6, 6.07) is 6.71. The molecule has 0 saturated heterocycles. The third kappa shape index (κ3) is 3.81. The molecule has 0 aliphatic heterocycles. The molecule has 0 saturated carbocycles. The molecule has 0 fully saturated rings. The normalized spacial score (nSPS) is 10.8. The van der Waals surface area contributed by atoms with Gasteiger partial charge in [0.1, 0.15) is 18.1 Å². The maximum Gasteiger partial charge on any atom is 0.165 e. The van der Waals surface area contributed by atoms with Gasteiger partial charge in [0.15, 0.2) is 11.6 Å². The Kier molecular flexibility index (Phi) is 5.12. The maximum absolute atomic E-state index is 13.9. The fourth-order valence-corrected chi connectivity index (χ4v) is 1.89. The monoisotopic (exact) mass is 278 g/mol. The number of halogens is 1. The molecule has 2 aromatic rings. The van der Waals surface area contributed by atoms with E-state index in [1.807, 2.05) is 6.07 Å². The summed E-state index contributed by atoms with van der Waals surface area (Å²) in [7, 11) is 0. The molecule has 1 aromatic heterocycles. The molecule has 4 nitrogen and oxygen atoms in total. The topological polar surface area (TPSA) is 47.3 Å². The lowest BCUT2D eigenvalue weighted by molar-refractivity contribution is 0.271. The average molecular weight is 278 g/mol. The van der Waals surface area contributed by atoms with Crippen LogP contribution in [0, 0.1) is 12.7 Å². The molecule has 0 bridgehead atoms. The summed E-state index contributed by atoms with van der Waals surface area (Å²) in [5.41, 5.74) is 1.46. The lowest BCUT2D eigenvalue weighted by Crippen LogP contribution is -2.15. The van der Waals surface area contributed by atoms with Crippen LogP contribution < -0.4 is 10.1 Å². The lowest BCUT2D eigenvalue weighted by atomic mass is 10.2. The zero-order chi connectivity index (χ0) is 14.4. The smallest absolute Gasteiger partial charge is 0.165 e. The number of aromatic nitrogens is 1. The number of nitrogens with zero attached hydrogens (tertiary/aromatic N) is 1. The van der Waals surface area contributed by atoms with E-state index in [-0.39, 0.29) is 18.2 Å². The summed E-state index contributed by atoms with van der Waals surface area (Å²) in [6.07, 6.45) is 1.03. The Bertz CT molecular complexity index is 555. The molecule has 1 N–H and O–H groups in total. The van der Waals surface area contributed by atoms with E-state index < -0.39 is 0 Å². The maximum atomic E-state index is 13.9. The van der Waals surface area contributed by atoms with Gasteiger partial charge in [0.2, 0.25) is 0 Å². The molecule has 1 heterocycles. The minimum Gasteiger partial charge on any atom is -0.484 e. The summed E-state index contributed by atoms with van der Waals surface area (Å²) in [5, 5.41) is 7.07. The summed E-state index contributed by atoms with van der Waals surface area (Å²) in [4.78, 5) is 0. The fourth-order valence-electron chi connectivity index (χ4n) is 1.89. The van der Waals surface area contributed by atoms with Crippen molar-refractivity contribution in [2.24, 2.45) is 0 Å². The lowest BCUT2D eigenvalue weighted by Gasteiger charge is -2.12. The molecule has 0 spiro atoms. The predicted octanol–water partition coefficient (Wildman–Crippen LogP) is 3.20. The molecule has 0 aliphatic rings. The summed E-state index contributed by atoms with van der Waals surface area (Å²) in [6.45, 7) is 5.55. The van der Waals surface area contributed by atoms with Crippen molar-refractivity contribution in [1.29, 1.82) is 0 Å². The first-order valence-electron chi connectivity index (χ1n) is 6.73. The van der Waals surface area contributed by atoms with Crippen LogP contribution in [0.1, 0.15) is 30.4 Å². The third-order valence-corrected chi connectivity index (χ3v) is 2.83. The van der Waals surface area contributed by atoms with Crippen LogP contribution in [0.4, 0.5) is 4.39 Å². The zero-order valence-corrected chi connectivity index (χ0v) is 11.8. The molecule has 0 unspecified atom stereocenters. The highest BCUT2D eigenvalue weighted by Gasteiger charge is 2.11. The SMILES string of the molecule is CCCNCc1cccc(F)c1OCc1cc(C)on1. The quantitative estimate of drug-likeness (QED) is 0.790. The second-order valence-corrected chi connectivity index (χ2v) is 4.62. The van der Waals surface area contributed by atoms with Crippen LogP contribution in [-0.2, 0) is 13.2 Å². The molecule has 1 aromatic carbocycles. The van der Waals surface area contributed by atoms with Crippen LogP contribution in [0.15, 0.2) is 28.8 Å². The molecule has 0 aliphatic carbocycles. The van der Waals surface area contributed by atoms with Gasteiger partial charge in [-0.2, -0.15) is 0 Å². The van der Waals surface area contributed by atoms with Gasteiger partial charge >= 0.3 is 0 Å². The highest BCUT2D eigenvalue weighted by atomic mass is 19.1. The molecule has 0 radical (unpaired) electrons. The first kappa shape index (κ1) is 14.5. The first-order valence-corrected chi connectivity index (χ1v) is 6.73. The van der Waals surface area contributed by atoms with Crippen LogP contribution in [0.2, 0.25) is 0 Å². The zero-order valence-electron chi connectivity index (χ0n) is 11.8. The van der Waals surface area contributed by atoms with Gasteiger partial charge in [-0.05, 0) is 26.0 Å². The van der Waals surface area contributed by atoms with Crippen molar-refractivity contribution in [3.63, 3.8) is 0 Å². The van der Waals surface area contributed by atoms with Crippen molar-refractivity contribution in [3.05, 3.63) is 47.1 Å². The fraction of sp³-hybridized carbons (Fsp3) is 0.400. The molecule has 108 valence electrons. The van der Waals surface area contributed by atoms with Gasteiger partial charge in [-0.15, -0.1) is 0 Å². The van der Waals surface area contributed by atoms with Gasteiger partial charge in [0.25, 0.3) is 0 Å². The van der Waals surface area contributed by atoms with Crippen LogP contribution in [0.3, 0.4) is 0 Å². The van der Waals surface area contributed by atoms with Crippen molar-refractivity contribution < 1.29 is 13.7 Å². The van der Waals surface area contributed by atoms with E-state index in [1.54, 1.807) is 19.1 Å². The molecule has 0 amide bonds. The number of ether oxygens (including phenoxy) is 1. The largest absolute Gasteiger partial charge is 0.484 e. The van der Waals surface area contributed by atoms with Crippen molar-refractivity contribution in [2.75, 3.05) is 6.54 Å². The van der Waals surface area contributed by atoms with Crippen molar-refractivity contribution in [2.45, 2.75) is 33.4 Å². The van der Waals surface area contributed by atoms with Crippen LogP contribution in [0.5, 0.6) is 5.75 Å². The number of hydrogen-bond acceptors (Lipinski definition) is 4. The number of benzene rings is 1. The predicted molar refractivity (Wildman–Crippen MR) is 74.0 cm³/mol. The number of hydrogen-bond donors (Lipinski definition) is 1. The van der Waals surface area contributed by atoms with Crippen LogP contribution in [-0.4, -0.2) is 11.7 Å². The summed E-state index contributed by atoms with van der Waals surface area (Å²) < 4.78 is 24.4. The Morgan fingerprint density at radius 2 is 2.25 bits per heavy atom. The van der Waals surface area contributed by atoms with Gasteiger partial charge in [0, 0.05) is 18.2 Å². The number of para-hydroxylation sites is 1. The second-order valence-electron chi connectivity index (χ2n) is 4.62. The Morgan fingerprint density at radius 1 is 1.40 bits per heavy atom. The van der Waals surface area contributed by atoms with Crippen molar-refractivity contribution in [1.82, 2.24) is 10.5 Å². The Labute approximate surface area is 117 Å². The molecular formula is C15H19FN2O2. The van der Waals surface area contributed by atoms with E-state index in [4.69, 9.17) is 9.26 Å². The third-order valence-electron chi connectivity index (χ3n) is 2.83.